The summed E-state index contributed by atoms with van der Waals surface area (Å²) in [6.45, 7) is 6.09. The van der Waals surface area contributed by atoms with E-state index in [1.165, 1.54) is 0 Å². The third-order valence-electron chi connectivity index (χ3n) is 0.915. The third-order valence-corrected chi connectivity index (χ3v) is 1.50. The van der Waals surface area contributed by atoms with Crippen LogP contribution in [0.25, 0.3) is 0 Å². The first-order valence-corrected chi connectivity index (χ1v) is 4.13. The van der Waals surface area contributed by atoms with Crippen LogP contribution in [0.5, 0.6) is 0 Å². The quantitative estimate of drug-likeness (QED) is 0.437. The van der Waals surface area contributed by atoms with Gasteiger partial charge in [0.1, 0.15) is 0 Å². The van der Waals surface area contributed by atoms with Gasteiger partial charge in [0.15, 0.2) is 0 Å². The maximum atomic E-state index is 4.13. The molecule has 0 aliphatic heterocycles. The molecule has 0 atom stereocenters. The van der Waals surface area contributed by atoms with Crippen molar-refractivity contribution in [2.75, 3.05) is 5.75 Å². The summed E-state index contributed by atoms with van der Waals surface area (Å²) >= 11 is 1.72. The average Bonchev–Trinajstić information content (AvgIpc) is 1.89. The Labute approximate surface area is 61.3 Å². The van der Waals surface area contributed by atoms with Crippen LogP contribution >= 0.6 is 11.8 Å². The van der Waals surface area contributed by atoms with E-state index in [9.17, 15) is 0 Å². The number of rotatable bonds is 3. The molecule has 0 spiro atoms. The Hall–Kier alpha value is -0.240. The van der Waals surface area contributed by atoms with Crippen molar-refractivity contribution in [3.05, 3.63) is 11.8 Å². The molecule has 1 nitrogen and oxygen atoms in total. The van der Waals surface area contributed by atoms with Gasteiger partial charge in [-0.25, -0.2) is 0 Å². The van der Waals surface area contributed by atoms with Crippen LogP contribution in [0.15, 0.2) is 16.8 Å². The summed E-state index contributed by atoms with van der Waals surface area (Å²) in [5.41, 5.74) is 2.96. The van der Waals surface area contributed by atoms with Gasteiger partial charge in [0.25, 0.3) is 0 Å². The lowest BCUT2D eigenvalue weighted by Gasteiger charge is -1.86. The van der Waals surface area contributed by atoms with Crippen molar-refractivity contribution in [2.45, 2.75) is 20.8 Å². The molecule has 0 aromatic carbocycles. The minimum atomic E-state index is 1.08. The van der Waals surface area contributed by atoms with Crippen LogP contribution in [0, 0.1) is 0 Å². The maximum absolute atomic E-state index is 4.13. The van der Waals surface area contributed by atoms with Gasteiger partial charge in [-0.15, -0.1) is 11.8 Å². The lowest BCUT2D eigenvalue weighted by atomic mass is 10.5. The van der Waals surface area contributed by atoms with Gasteiger partial charge in [-0.05, 0) is 19.6 Å². The molecule has 0 fully saturated rings. The highest BCUT2D eigenvalue weighted by molar-refractivity contribution is 8.12. The first-order valence-electron chi connectivity index (χ1n) is 3.08. The zero-order valence-electron chi connectivity index (χ0n) is 6.22. The highest BCUT2D eigenvalue weighted by Gasteiger charge is 1.76. The summed E-state index contributed by atoms with van der Waals surface area (Å²) in [5.74, 6) is 1.10. The van der Waals surface area contributed by atoms with E-state index in [2.05, 4.69) is 11.9 Å². The van der Waals surface area contributed by atoms with E-state index in [0.29, 0.717) is 0 Å². The van der Waals surface area contributed by atoms with Crippen LogP contribution in [-0.2, 0) is 0 Å². The lowest BCUT2D eigenvalue weighted by Crippen LogP contribution is -1.69. The van der Waals surface area contributed by atoms with Gasteiger partial charge in [-0.3, -0.25) is 4.99 Å². The molecule has 0 aromatic rings. The molecule has 0 aliphatic rings. The Bertz CT molecular complexity index is 116. The van der Waals surface area contributed by atoms with Crippen LogP contribution < -0.4 is 0 Å². The fourth-order valence-corrected chi connectivity index (χ4v) is 0.659. The van der Waals surface area contributed by atoms with E-state index in [1.54, 1.807) is 11.8 Å². The highest BCUT2D eigenvalue weighted by Crippen LogP contribution is 1.97. The predicted molar refractivity (Wildman–Crippen MR) is 46.1 cm³/mol. The summed E-state index contributed by atoms with van der Waals surface area (Å²) in [4.78, 5) is 4.13. The molecule has 9 heavy (non-hydrogen) atoms. The number of hydrogen-bond donors (Lipinski definition) is 0. The fraction of sp³-hybridized carbons (Fsp3) is 0.571. The van der Waals surface area contributed by atoms with Crippen molar-refractivity contribution < 1.29 is 0 Å². The molecule has 0 saturated heterocycles. The monoisotopic (exact) mass is 143 g/mol. The normalized spacial score (nSPS) is 13.0. The van der Waals surface area contributed by atoms with Crippen molar-refractivity contribution in [2.24, 2.45) is 4.99 Å². The maximum Gasteiger partial charge on any atom is 0.0599 e. The van der Waals surface area contributed by atoms with Gasteiger partial charge in [0.2, 0.25) is 0 Å². The number of hydrogen-bond acceptors (Lipinski definition) is 2. The summed E-state index contributed by atoms with van der Waals surface area (Å²) in [7, 11) is 0. The molecule has 0 aromatic heterocycles. The first kappa shape index (κ1) is 8.76. The van der Waals surface area contributed by atoms with Crippen molar-refractivity contribution in [1.29, 1.82) is 0 Å². The van der Waals surface area contributed by atoms with Gasteiger partial charge < -0.3 is 0 Å². The first-order chi connectivity index (χ1) is 4.31. The number of thioether (sulfide) groups is 1. The van der Waals surface area contributed by atoms with Crippen LogP contribution in [0.3, 0.4) is 0 Å². The zero-order chi connectivity index (χ0) is 7.11. The second-order valence-electron chi connectivity index (χ2n) is 1.62. The summed E-state index contributed by atoms with van der Waals surface area (Å²) in [6.07, 6.45) is 1.99. The minimum absolute atomic E-state index is 1.08. The van der Waals surface area contributed by atoms with Crippen molar-refractivity contribution >= 4 is 17.3 Å². The third kappa shape index (κ3) is 5.63. The Morgan fingerprint density at radius 1 is 1.67 bits per heavy atom. The molecule has 0 aliphatic carbocycles. The van der Waals surface area contributed by atoms with Gasteiger partial charge in [0, 0.05) is 5.70 Å². The predicted octanol–water partition coefficient (Wildman–Crippen LogP) is 2.69. The molecule has 2 heteroatoms. The number of nitrogens with zero attached hydrogens (tertiary/aromatic N) is 1. The lowest BCUT2D eigenvalue weighted by molar-refractivity contribution is 1.30. The topological polar surface area (TPSA) is 12.4 Å². The molecular weight excluding hydrogens is 130 g/mol. The van der Waals surface area contributed by atoms with E-state index in [4.69, 9.17) is 0 Å². The Morgan fingerprint density at radius 3 is 2.78 bits per heavy atom. The van der Waals surface area contributed by atoms with Crippen molar-refractivity contribution in [3.63, 3.8) is 0 Å². The molecule has 0 rings (SSSR count). The molecular formula is C7H13NS. The van der Waals surface area contributed by atoms with Gasteiger partial charge >= 0.3 is 0 Å². The van der Waals surface area contributed by atoms with Crippen LogP contribution in [0.1, 0.15) is 20.8 Å². The number of allylic oxidation sites excluding steroid dienone is 2. The van der Waals surface area contributed by atoms with Crippen molar-refractivity contribution in [3.8, 4) is 0 Å². The average molecular weight is 143 g/mol. The zero-order valence-corrected chi connectivity index (χ0v) is 7.03. The van der Waals surface area contributed by atoms with E-state index in [1.807, 2.05) is 25.5 Å². The summed E-state index contributed by atoms with van der Waals surface area (Å²) < 4.78 is 0. The summed E-state index contributed by atoms with van der Waals surface area (Å²) in [6, 6.07) is 0. The Kier molecular flexibility index (Phi) is 5.73. The molecule has 0 bridgehead atoms. The van der Waals surface area contributed by atoms with Crippen molar-refractivity contribution in [1.82, 2.24) is 0 Å². The molecule has 0 N–H and O–H groups in total. The molecule has 0 amide bonds. The smallest absolute Gasteiger partial charge is 0.0599 e. The summed E-state index contributed by atoms with van der Waals surface area (Å²) in [5, 5.41) is 0. The fourth-order valence-electron chi connectivity index (χ4n) is 0.269. The van der Waals surface area contributed by atoms with Gasteiger partial charge in [-0.2, -0.15) is 0 Å². The highest BCUT2D eigenvalue weighted by atomic mass is 32.2. The molecule has 0 saturated carbocycles. The molecule has 0 radical (unpaired) electrons. The molecule has 52 valence electrons. The molecule has 0 unspecified atom stereocenters. The Morgan fingerprint density at radius 2 is 2.33 bits per heavy atom. The second-order valence-corrected chi connectivity index (χ2v) is 2.74. The van der Waals surface area contributed by atoms with Crippen LogP contribution in [0.2, 0.25) is 0 Å². The van der Waals surface area contributed by atoms with E-state index in [0.717, 1.165) is 11.4 Å². The van der Waals surface area contributed by atoms with E-state index >= 15 is 0 Å². The minimum Gasteiger partial charge on any atom is -0.255 e. The standard InChI is InChI=1S/C7H13NS/c1-4-7(3)8-6-9-5-2/h4,6H,5H2,1-3H3/b7-4+,8-6?. The van der Waals surface area contributed by atoms with Gasteiger partial charge in [0.05, 0.1) is 5.55 Å². The van der Waals surface area contributed by atoms with Crippen LogP contribution in [0.4, 0.5) is 0 Å². The van der Waals surface area contributed by atoms with Gasteiger partial charge in [-0.1, -0.05) is 13.0 Å². The largest absolute Gasteiger partial charge is 0.255 e. The van der Waals surface area contributed by atoms with Crippen LogP contribution in [-0.4, -0.2) is 11.3 Å². The number of aliphatic imine (C=N–C) groups is 1. The van der Waals surface area contributed by atoms with E-state index in [-0.39, 0.29) is 0 Å². The second kappa shape index (κ2) is 5.89. The molecule has 0 heterocycles. The Balaban J connectivity index is 3.45. The van der Waals surface area contributed by atoms with E-state index < -0.39 is 0 Å². The SMILES string of the molecule is C/C=C(\C)N=CSCC.